The highest BCUT2D eigenvalue weighted by molar-refractivity contribution is 7.91. The van der Waals surface area contributed by atoms with E-state index in [2.05, 4.69) is 11.3 Å². The zero-order valence-corrected chi connectivity index (χ0v) is 8.74. The van der Waals surface area contributed by atoms with Gasteiger partial charge in [0.2, 0.25) is 9.84 Å². The summed E-state index contributed by atoms with van der Waals surface area (Å²) in [5.74, 6) is -1.42. The Hall–Kier alpha value is -1.62. The Balaban J connectivity index is 2.77. The molecule has 0 aliphatic rings. The van der Waals surface area contributed by atoms with E-state index < -0.39 is 21.7 Å². The van der Waals surface area contributed by atoms with Crippen LogP contribution in [0.3, 0.4) is 0 Å². The van der Waals surface area contributed by atoms with Crippen LogP contribution in [0.25, 0.3) is 0 Å². The van der Waals surface area contributed by atoms with Gasteiger partial charge in [-0.25, -0.2) is 13.2 Å². The average molecular weight is 226 g/mol. The summed E-state index contributed by atoms with van der Waals surface area (Å²) >= 11 is 0. The van der Waals surface area contributed by atoms with Crippen LogP contribution in [0.15, 0.2) is 47.9 Å². The van der Waals surface area contributed by atoms with E-state index in [9.17, 15) is 13.2 Å². The van der Waals surface area contributed by atoms with E-state index >= 15 is 0 Å². The maximum Gasteiger partial charge on any atom is 0.331 e. The first-order valence-electron chi connectivity index (χ1n) is 4.13. The second-order valence-electron chi connectivity index (χ2n) is 2.71. The molecule has 0 aliphatic heterocycles. The largest absolute Gasteiger partial charge is 0.446 e. The monoisotopic (exact) mass is 226 g/mol. The van der Waals surface area contributed by atoms with E-state index in [0.717, 1.165) is 6.08 Å². The van der Waals surface area contributed by atoms with E-state index in [1.807, 2.05) is 0 Å². The number of hydrogen-bond donors (Lipinski definition) is 0. The summed E-state index contributed by atoms with van der Waals surface area (Å²) in [6.07, 6.45) is 0.917. The number of carbonyl (C=O) groups excluding carboxylic acids is 1. The van der Waals surface area contributed by atoms with Crippen molar-refractivity contribution in [3.63, 3.8) is 0 Å². The first-order valence-corrected chi connectivity index (χ1v) is 5.78. The van der Waals surface area contributed by atoms with Gasteiger partial charge in [0.25, 0.3) is 0 Å². The van der Waals surface area contributed by atoms with Crippen molar-refractivity contribution in [3.8, 4) is 0 Å². The Bertz CT molecular complexity index is 448. The highest BCUT2D eigenvalue weighted by Gasteiger charge is 2.15. The van der Waals surface area contributed by atoms with Gasteiger partial charge in [0.05, 0.1) is 4.90 Å². The maximum absolute atomic E-state index is 11.5. The third kappa shape index (κ3) is 3.21. The summed E-state index contributed by atoms with van der Waals surface area (Å²) in [6, 6.07) is 7.79. The number of sulfone groups is 1. The van der Waals surface area contributed by atoms with Crippen LogP contribution in [0.1, 0.15) is 0 Å². The van der Waals surface area contributed by atoms with Gasteiger partial charge in [-0.1, -0.05) is 24.8 Å². The fourth-order valence-electron chi connectivity index (χ4n) is 0.890. The first kappa shape index (κ1) is 11.5. The zero-order chi connectivity index (χ0) is 11.3. The van der Waals surface area contributed by atoms with Crippen molar-refractivity contribution in [1.82, 2.24) is 0 Å². The molecule has 4 nitrogen and oxygen atoms in total. The van der Waals surface area contributed by atoms with E-state index in [0.29, 0.717) is 0 Å². The second-order valence-corrected chi connectivity index (χ2v) is 4.65. The molecule has 0 heterocycles. The van der Waals surface area contributed by atoms with Crippen molar-refractivity contribution in [2.45, 2.75) is 4.90 Å². The van der Waals surface area contributed by atoms with E-state index in [1.165, 1.54) is 12.1 Å². The quantitative estimate of drug-likeness (QED) is 0.570. The third-order valence-electron chi connectivity index (χ3n) is 1.63. The molecule has 0 aromatic heterocycles. The van der Waals surface area contributed by atoms with Crippen LogP contribution in [-0.4, -0.2) is 20.3 Å². The van der Waals surface area contributed by atoms with Crippen molar-refractivity contribution in [1.29, 1.82) is 0 Å². The van der Waals surface area contributed by atoms with Crippen LogP contribution in [-0.2, 0) is 19.4 Å². The Morgan fingerprint density at radius 1 is 1.33 bits per heavy atom. The van der Waals surface area contributed by atoms with Gasteiger partial charge in [-0.15, -0.1) is 0 Å². The molecular weight excluding hydrogens is 216 g/mol. The predicted molar refractivity (Wildman–Crippen MR) is 54.8 cm³/mol. The Kier molecular flexibility index (Phi) is 3.62. The van der Waals surface area contributed by atoms with Gasteiger partial charge in [0.15, 0.2) is 5.94 Å². The van der Waals surface area contributed by atoms with Gasteiger partial charge in [-0.2, -0.15) is 0 Å². The van der Waals surface area contributed by atoms with Crippen LogP contribution in [0.4, 0.5) is 0 Å². The summed E-state index contributed by atoms with van der Waals surface area (Å²) in [5.41, 5.74) is 0. The summed E-state index contributed by atoms with van der Waals surface area (Å²) in [7, 11) is -3.56. The SMILES string of the molecule is C=CC(=O)OCS(=O)(=O)c1ccccc1. The standard InChI is InChI=1S/C10H10O4S/c1-2-10(11)14-8-15(12,13)9-6-4-3-5-7-9/h2-7H,1,8H2. The van der Waals surface area contributed by atoms with Crippen LogP contribution < -0.4 is 0 Å². The maximum atomic E-state index is 11.5. The molecule has 1 aromatic carbocycles. The smallest absolute Gasteiger partial charge is 0.331 e. The Labute approximate surface area is 88.1 Å². The van der Waals surface area contributed by atoms with Crippen LogP contribution in [0.5, 0.6) is 0 Å². The van der Waals surface area contributed by atoms with Gasteiger partial charge >= 0.3 is 5.97 Å². The molecule has 0 amide bonds. The summed E-state index contributed by atoms with van der Waals surface area (Å²) in [5, 5.41) is 0. The van der Waals surface area contributed by atoms with Crippen molar-refractivity contribution in [3.05, 3.63) is 43.0 Å². The molecule has 80 valence electrons. The fraction of sp³-hybridized carbons (Fsp3) is 0.100. The molecule has 5 heteroatoms. The average Bonchev–Trinajstić information content (AvgIpc) is 2.27. The number of esters is 1. The lowest BCUT2D eigenvalue weighted by molar-refractivity contribution is -0.135. The van der Waals surface area contributed by atoms with Gasteiger partial charge in [0.1, 0.15) is 0 Å². The molecule has 0 radical (unpaired) electrons. The van der Waals surface area contributed by atoms with Gasteiger partial charge in [0, 0.05) is 6.08 Å². The number of ether oxygens (including phenoxy) is 1. The number of carbonyl (C=O) groups is 1. The van der Waals surface area contributed by atoms with Gasteiger partial charge in [-0.3, -0.25) is 0 Å². The molecule has 0 saturated carbocycles. The Morgan fingerprint density at radius 2 is 1.93 bits per heavy atom. The third-order valence-corrected chi connectivity index (χ3v) is 3.04. The summed E-state index contributed by atoms with van der Waals surface area (Å²) in [4.78, 5) is 10.8. The fourth-order valence-corrected chi connectivity index (χ4v) is 1.87. The zero-order valence-electron chi connectivity index (χ0n) is 7.92. The molecule has 0 spiro atoms. The lowest BCUT2D eigenvalue weighted by atomic mass is 10.4. The molecule has 15 heavy (non-hydrogen) atoms. The number of rotatable bonds is 4. The highest BCUT2D eigenvalue weighted by atomic mass is 32.2. The topological polar surface area (TPSA) is 60.4 Å². The van der Waals surface area contributed by atoms with Crippen molar-refractivity contribution >= 4 is 15.8 Å². The van der Waals surface area contributed by atoms with E-state index in [4.69, 9.17) is 0 Å². The van der Waals surface area contributed by atoms with Crippen molar-refractivity contribution < 1.29 is 17.9 Å². The van der Waals surface area contributed by atoms with Crippen molar-refractivity contribution in [2.75, 3.05) is 5.94 Å². The predicted octanol–water partition coefficient (Wildman–Crippen LogP) is 1.15. The van der Waals surface area contributed by atoms with Crippen LogP contribution in [0, 0.1) is 0 Å². The Morgan fingerprint density at radius 3 is 2.47 bits per heavy atom. The lowest BCUT2D eigenvalue weighted by Gasteiger charge is -2.03. The highest BCUT2D eigenvalue weighted by Crippen LogP contribution is 2.10. The molecule has 0 bridgehead atoms. The van der Waals surface area contributed by atoms with E-state index in [-0.39, 0.29) is 4.90 Å². The molecule has 0 N–H and O–H groups in total. The number of hydrogen-bond acceptors (Lipinski definition) is 4. The molecule has 0 unspecified atom stereocenters. The van der Waals surface area contributed by atoms with Gasteiger partial charge < -0.3 is 4.74 Å². The molecular formula is C10H10O4S. The molecule has 0 fully saturated rings. The summed E-state index contributed by atoms with van der Waals surface area (Å²) in [6.45, 7) is 3.16. The normalized spacial score (nSPS) is 10.7. The molecule has 0 aliphatic carbocycles. The lowest BCUT2D eigenvalue weighted by Crippen LogP contribution is -2.12. The van der Waals surface area contributed by atoms with Crippen LogP contribution >= 0.6 is 0 Å². The number of benzene rings is 1. The van der Waals surface area contributed by atoms with E-state index in [1.54, 1.807) is 18.2 Å². The minimum atomic E-state index is -3.56. The summed E-state index contributed by atoms with van der Waals surface area (Å²) < 4.78 is 27.5. The minimum absolute atomic E-state index is 0.127. The molecule has 0 atom stereocenters. The second kappa shape index (κ2) is 4.75. The molecule has 1 aromatic rings. The minimum Gasteiger partial charge on any atom is -0.446 e. The van der Waals surface area contributed by atoms with Crippen molar-refractivity contribution in [2.24, 2.45) is 0 Å². The van der Waals surface area contributed by atoms with Crippen LogP contribution in [0.2, 0.25) is 0 Å². The molecule has 0 saturated heterocycles. The van der Waals surface area contributed by atoms with Gasteiger partial charge in [-0.05, 0) is 12.1 Å². The molecule has 1 rings (SSSR count). The first-order chi connectivity index (χ1) is 7.06.